The number of benzene rings is 1. The highest BCUT2D eigenvalue weighted by Crippen LogP contribution is 2.74. The zero-order chi connectivity index (χ0) is 27.3. The van der Waals surface area contributed by atoms with Gasteiger partial charge in [0.15, 0.2) is 0 Å². The lowest BCUT2D eigenvalue weighted by Gasteiger charge is -2.49. The molecule has 0 aromatic heterocycles. The van der Waals surface area contributed by atoms with Crippen molar-refractivity contribution < 1.29 is 0 Å². The van der Waals surface area contributed by atoms with Crippen molar-refractivity contribution >= 4 is 0 Å². The van der Waals surface area contributed by atoms with Gasteiger partial charge in [0.2, 0.25) is 0 Å². The van der Waals surface area contributed by atoms with Gasteiger partial charge in [0, 0.05) is 0 Å². The molecule has 0 spiro atoms. The monoisotopic (exact) mass is 516 g/mol. The Morgan fingerprint density at radius 2 is 1.11 bits per heavy atom. The Morgan fingerprint density at radius 3 is 1.61 bits per heavy atom. The summed E-state index contributed by atoms with van der Waals surface area (Å²) < 4.78 is 0. The van der Waals surface area contributed by atoms with E-state index in [2.05, 4.69) is 92.6 Å². The lowest BCUT2D eigenvalue weighted by molar-refractivity contribution is -0.00512. The van der Waals surface area contributed by atoms with Crippen LogP contribution in [0.2, 0.25) is 0 Å². The smallest absolute Gasteiger partial charge is 0.0156 e. The molecular weight excluding hydrogens is 456 g/mol. The van der Waals surface area contributed by atoms with Gasteiger partial charge in [-0.05, 0) is 144 Å². The van der Waals surface area contributed by atoms with Crippen LogP contribution in [-0.2, 0) is 0 Å². The van der Waals surface area contributed by atoms with Crippen LogP contribution in [-0.4, -0.2) is 0 Å². The van der Waals surface area contributed by atoms with Gasteiger partial charge >= 0.3 is 0 Å². The van der Waals surface area contributed by atoms with E-state index in [-0.39, 0.29) is 0 Å². The molecule has 1 aromatic carbocycles. The van der Waals surface area contributed by atoms with Crippen LogP contribution in [0.4, 0.5) is 0 Å². The van der Waals surface area contributed by atoms with Gasteiger partial charge < -0.3 is 0 Å². The van der Waals surface area contributed by atoms with Crippen LogP contribution in [0.1, 0.15) is 132 Å². The molecule has 10 atom stereocenters. The van der Waals surface area contributed by atoms with Crippen LogP contribution < -0.4 is 0 Å². The zero-order valence-electron chi connectivity index (χ0n) is 26.5. The van der Waals surface area contributed by atoms with Crippen LogP contribution in [0.25, 0.3) is 0 Å². The van der Waals surface area contributed by atoms with Crippen molar-refractivity contribution in [3.63, 3.8) is 0 Å². The summed E-state index contributed by atoms with van der Waals surface area (Å²) in [6.45, 7) is 23.5. The molecule has 6 rings (SSSR count). The first kappa shape index (κ1) is 27.4. The fourth-order valence-electron chi connectivity index (χ4n) is 12.5. The number of hydrogen-bond donors (Lipinski definition) is 0. The van der Waals surface area contributed by atoms with E-state index in [4.69, 9.17) is 0 Å². The topological polar surface area (TPSA) is 0 Å². The summed E-state index contributed by atoms with van der Waals surface area (Å²) >= 11 is 0. The second-order valence-electron chi connectivity index (χ2n) is 18.4. The van der Waals surface area contributed by atoms with Crippen molar-refractivity contribution in [1.82, 2.24) is 0 Å². The van der Waals surface area contributed by atoms with Crippen LogP contribution in [0, 0.1) is 74.9 Å². The minimum Gasteiger partial charge on any atom is -0.0622 e. The highest BCUT2D eigenvalue weighted by Gasteiger charge is 2.67. The van der Waals surface area contributed by atoms with E-state index in [1.54, 1.807) is 5.56 Å². The molecule has 5 fully saturated rings. The predicted molar refractivity (Wildman–Crippen MR) is 163 cm³/mol. The molecule has 5 aliphatic rings. The molecule has 0 bridgehead atoms. The summed E-state index contributed by atoms with van der Waals surface area (Å²) in [6.07, 6.45) is 13.5. The van der Waals surface area contributed by atoms with Gasteiger partial charge in [-0.1, -0.05) is 92.6 Å². The Hall–Kier alpha value is -0.780. The van der Waals surface area contributed by atoms with Crippen molar-refractivity contribution in [1.29, 1.82) is 0 Å². The molecule has 5 aliphatic carbocycles. The second-order valence-corrected chi connectivity index (χ2v) is 18.4. The third-order valence-corrected chi connectivity index (χ3v) is 14.1. The largest absolute Gasteiger partial charge is 0.0622 e. The van der Waals surface area contributed by atoms with Gasteiger partial charge in [0.1, 0.15) is 0 Å². The van der Waals surface area contributed by atoms with Gasteiger partial charge in [0.05, 0.1) is 0 Å². The van der Waals surface area contributed by atoms with Crippen LogP contribution in [0.3, 0.4) is 0 Å². The first-order valence-corrected chi connectivity index (χ1v) is 16.7. The molecule has 0 amide bonds. The normalized spacial score (nSPS) is 46.4. The molecule has 38 heavy (non-hydrogen) atoms. The maximum absolute atomic E-state index is 2.86. The van der Waals surface area contributed by atoms with Gasteiger partial charge in [-0.2, -0.15) is 0 Å². The zero-order valence-corrected chi connectivity index (χ0v) is 26.5. The van der Waals surface area contributed by atoms with Gasteiger partial charge in [-0.25, -0.2) is 0 Å². The Balaban J connectivity index is 1.38. The van der Waals surface area contributed by atoms with Crippen LogP contribution in [0.5, 0.6) is 0 Å². The van der Waals surface area contributed by atoms with E-state index in [0.29, 0.717) is 21.7 Å². The van der Waals surface area contributed by atoms with Gasteiger partial charge in [-0.3, -0.25) is 0 Å². The van der Waals surface area contributed by atoms with Gasteiger partial charge in [-0.15, -0.1) is 0 Å². The van der Waals surface area contributed by atoms with E-state index < -0.39 is 0 Å². The minimum absolute atomic E-state index is 0.460. The summed E-state index contributed by atoms with van der Waals surface area (Å²) in [5.74, 6) is 9.39. The molecule has 1 aromatic rings. The summed E-state index contributed by atoms with van der Waals surface area (Å²) in [6, 6.07) is 11.6. The van der Waals surface area contributed by atoms with Crippen molar-refractivity contribution in [2.75, 3.05) is 0 Å². The molecule has 0 nitrogen and oxygen atoms in total. The molecule has 5 saturated carbocycles. The molecule has 0 heteroatoms. The van der Waals surface area contributed by atoms with Crippen molar-refractivity contribution in [2.24, 2.45) is 74.9 Å². The van der Waals surface area contributed by atoms with E-state index in [1.807, 2.05) is 0 Å². The van der Waals surface area contributed by atoms with Crippen LogP contribution >= 0.6 is 0 Å². The Morgan fingerprint density at radius 1 is 0.605 bits per heavy atom. The third kappa shape index (κ3) is 4.36. The van der Waals surface area contributed by atoms with E-state index in [0.717, 1.165) is 59.2 Å². The number of hydrogen-bond acceptors (Lipinski definition) is 0. The van der Waals surface area contributed by atoms with Crippen LogP contribution in [0.15, 0.2) is 30.3 Å². The quantitative estimate of drug-likeness (QED) is 0.366. The first-order chi connectivity index (χ1) is 17.7. The maximum atomic E-state index is 2.86. The highest BCUT2D eigenvalue weighted by molar-refractivity contribution is 5.24. The molecule has 0 aliphatic heterocycles. The van der Waals surface area contributed by atoms with E-state index >= 15 is 0 Å². The van der Waals surface area contributed by atoms with Gasteiger partial charge in [0.25, 0.3) is 0 Å². The predicted octanol–water partition coefficient (Wildman–Crippen LogP) is 11.0. The Labute approximate surface area is 236 Å². The second kappa shape index (κ2) is 9.11. The molecular formula is C38H60. The van der Waals surface area contributed by atoms with Crippen molar-refractivity contribution in [2.45, 2.75) is 126 Å². The average Bonchev–Trinajstić information content (AvgIpc) is 3.48. The van der Waals surface area contributed by atoms with E-state index in [1.165, 1.54) is 57.8 Å². The lowest BCUT2D eigenvalue weighted by atomic mass is 9.56. The fraction of sp³-hybridized carbons (Fsp3) is 0.842. The maximum Gasteiger partial charge on any atom is -0.0156 e. The Bertz CT molecular complexity index is 949. The van der Waals surface area contributed by atoms with Crippen molar-refractivity contribution in [3.8, 4) is 0 Å². The number of fused-ring (bicyclic) bond motifs is 4. The fourth-order valence-corrected chi connectivity index (χ4v) is 12.5. The molecule has 0 N–H and O–H groups in total. The molecule has 0 heterocycles. The highest BCUT2D eigenvalue weighted by atomic mass is 14.7. The number of rotatable bonds is 2. The SMILES string of the molecule is CC(C)(C)C1CCC2C3CCC(C(C)(C)C)CC3C(C3(C)CC(C)(C)C4CC(c5ccccc5)CC43)C2C1. The molecule has 10 unspecified atom stereocenters. The summed E-state index contributed by atoms with van der Waals surface area (Å²) in [4.78, 5) is 0. The van der Waals surface area contributed by atoms with E-state index in [9.17, 15) is 0 Å². The van der Waals surface area contributed by atoms with Crippen molar-refractivity contribution in [3.05, 3.63) is 35.9 Å². The third-order valence-electron chi connectivity index (χ3n) is 14.1. The molecule has 0 saturated heterocycles. The minimum atomic E-state index is 0.460. The first-order valence-electron chi connectivity index (χ1n) is 16.7. The lowest BCUT2D eigenvalue weighted by Crippen LogP contribution is -2.42. The summed E-state index contributed by atoms with van der Waals surface area (Å²) in [5.41, 5.74) is 3.54. The Kier molecular flexibility index (Phi) is 6.57. The molecule has 212 valence electrons. The average molecular weight is 517 g/mol. The summed E-state index contributed by atoms with van der Waals surface area (Å²) in [5, 5.41) is 0. The molecule has 0 radical (unpaired) electrons. The summed E-state index contributed by atoms with van der Waals surface area (Å²) in [7, 11) is 0. The standard InChI is InChI=1S/C38H60/c1-35(2,3)26-15-17-28-29-18-16-27(36(4,5)6)22-31(29)34(30(28)21-26)38(9)23-37(7,8)32-19-25(20-33(32)38)24-13-11-10-12-14-24/h10-14,25-34H,15-23H2,1-9H3.